The highest BCUT2D eigenvalue weighted by Gasteiger charge is 2.23. The van der Waals surface area contributed by atoms with E-state index in [1.807, 2.05) is 0 Å². The number of anilines is 3. The number of halogens is 2. The maximum Gasteiger partial charge on any atom is 0.325 e. The van der Waals surface area contributed by atoms with E-state index in [4.69, 9.17) is 37.9 Å². The number of ether oxygens (including phenoxy) is 8. The van der Waals surface area contributed by atoms with Gasteiger partial charge >= 0.3 is 23.9 Å². The average Bonchev–Trinajstić information content (AvgIpc) is 3.15. The van der Waals surface area contributed by atoms with E-state index in [0.717, 1.165) is 12.1 Å². The second-order valence-corrected chi connectivity index (χ2v) is 11.3. The summed E-state index contributed by atoms with van der Waals surface area (Å²) in [5.74, 6) is -3.00. The Morgan fingerprint density at radius 3 is 1.45 bits per heavy atom. The van der Waals surface area contributed by atoms with Gasteiger partial charge in [-0.1, -0.05) is 0 Å². The van der Waals surface area contributed by atoms with Crippen molar-refractivity contribution in [2.45, 2.75) is 0 Å². The summed E-state index contributed by atoms with van der Waals surface area (Å²) in [6, 6.07) is 12.3. The summed E-state index contributed by atoms with van der Waals surface area (Å²) in [7, 11) is 4.91. The molecule has 1 aliphatic heterocycles. The number of nitrogens with zero attached hydrogens (tertiary/aromatic N) is 3. The van der Waals surface area contributed by atoms with Crippen LogP contribution in [0.1, 0.15) is 0 Å². The lowest BCUT2D eigenvalue weighted by atomic mass is 10.2. The third-order valence-corrected chi connectivity index (χ3v) is 7.84. The number of carbonyl (C=O) groups excluding carboxylic acids is 4. The quantitative estimate of drug-likeness (QED) is 0.233. The molecule has 0 radical (unpaired) electrons. The summed E-state index contributed by atoms with van der Waals surface area (Å²) >= 11 is 0. The molecule has 0 atom stereocenters. The second-order valence-electron chi connectivity index (χ2n) is 11.3. The third-order valence-electron chi connectivity index (χ3n) is 7.84. The molecule has 15 nitrogen and oxygen atoms in total. The Hall–Kier alpha value is -6.00. The van der Waals surface area contributed by atoms with Crippen LogP contribution in [0.3, 0.4) is 0 Å². The van der Waals surface area contributed by atoms with E-state index >= 15 is 0 Å². The van der Waals surface area contributed by atoms with Gasteiger partial charge in [0.25, 0.3) is 0 Å². The summed E-state index contributed by atoms with van der Waals surface area (Å²) in [6.07, 6.45) is 0. The number of fused-ring (bicyclic) bond motifs is 3. The van der Waals surface area contributed by atoms with Crippen molar-refractivity contribution in [3.8, 4) is 23.0 Å². The molecule has 0 saturated heterocycles. The molecule has 0 amide bonds. The molecule has 1 aliphatic rings. The fraction of sp³-hybridized carbons (Fsp3) is 0.389. The summed E-state index contributed by atoms with van der Waals surface area (Å²) in [6.45, 7) is -1.23. The van der Waals surface area contributed by atoms with E-state index in [1.54, 1.807) is 28.0 Å². The van der Waals surface area contributed by atoms with Gasteiger partial charge in [-0.2, -0.15) is 0 Å². The number of hydrogen-bond acceptors (Lipinski definition) is 15. The summed E-state index contributed by atoms with van der Waals surface area (Å²) in [5, 5.41) is 0. The number of rotatable bonds is 9. The van der Waals surface area contributed by atoms with Crippen LogP contribution in [0.25, 0.3) is 0 Å². The summed E-state index contributed by atoms with van der Waals surface area (Å²) in [4.78, 5) is 54.0. The monoisotopic (exact) mass is 745 g/mol. The molecule has 1 heterocycles. The molecule has 0 aliphatic carbocycles. The predicted octanol–water partition coefficient (Wildman–Crippen LogP) is 3.01. The highest BCUT2D eigenvalue weighted by Crippen LogP contribution is 2.35. The molecule has 286 valence electrons. The molecule has 0 unspecified atom stereocenters. The van der Waals surface area contributed by atoms with Crippen molar-refractivity contribution in [3.05, 3.63) is 66.2 Å². The minimum atomic E-state index is -0.615. The molecule has 0 spiro atoms. The van der Waals surface area contributed by atoms with Crippen molar-refractivity contribution in [3.63, 3.8) is 0 Å². The van der Waals surface area contributed by atoms with Gasteiger partial charge in [0.2, 0.25) is 0 Å². The van der Waals surface area contributed by atoms with Crippen molar-refractivity contribution < 1.29 is 65.9 Å². The Kier molecular flexibility index (Phi) is 14.7. The van der Waals surface area contributed by atoms with Gasteiger partial charge in [0, 0.05) is 23.9 Å². The van der Waals surface area contributed by atoms with Crippen molar-refractivity contribution >= 4 is 40.9 Å². The molecule has 3 aromatic carbocycles. The molecule has 0 N–H and O–H groups in total. The second kappa shape index (κ2) is 19.6. The summed E-state index contributed by atoms with van der Waals surface area (Å²) < 4.78 is 72.6. The van der Waals surface area contributed by atoms with E-state index in [-0.39, 0.29) is 88.7 Å². The topological polar surface area (TPSA) is 152 Å². The number of methoxy groups -OCH3 is 4. The van der Waals surface area contributed by atoms with Gasteiger partial charge in [-0.15, -0.1) is 0 Å². The lowest BCUT2D eigenvalue weighted by Gasteiger charge is -2.28. The Morgan fingerprint density at radius 2 is 1.00 bits per heavy atom. The van der Waals surface area contributed by atoms with Crippen LogP contribution in [-0.4, -0.2) is 118 Å². The largest absolute Gasteiger partial charge is 0.488 e. The normalized spacial score (nSPS) is 13.4. The number of benzene rings is 3. The summed E-state index contributed by atoms with van der Waals surface area (Å²) in [5.41, 5.74) is 1.07. The molecule has 3 aromatic rings. The molecule has 0 bridgehead atoms. The first-order valence-electron chi connectivity index (χ1n) is 16.3. The van der Waals surface area contributed by atoms with Gasteiger partial charge < -0.3 is 52.6 Å². The Balaban J connectivity index is 1.78. The molecule has 53 heavy (non-hydrogen) atoms. The predicted molar refractivity (Wildman–Crippen MR) is 186 cm³/mol. The van der Waals surface area contributed by atoms with Gasteiger partial charge in [0.05, 0.1) is 52.9 Å². The average molecular weight is 746 g/mol. The molecular weight excluding hydrogens is 704 g/mol. The van der Waals surface area contributed by atoms with Gasteiger partial charge in [-0.25, -0.2) is 8.78 Å². The first kappa shape index (κ1) is 39.8. The first-order chi connectivity index (χ1) is 25.5. The minimum absolute atomic E-state index is 0.0198. The molecule has 0 saturated carbocycles. The number of hydrogen-bond donors (Lipinski definition) is 0. The molecule has 0 aromatic heterocycles. The SMILES string of the molecule is COC(=O)CN(CC(=O)OC)c1ccc2c(c1)OCCN(CC(=O)OC)c1ccc(F)cc1OCCOc1cc(F)ccc1N(CC(=O)OC)CCO2. The number of esters is 4. The minimum Gasteiger partial charge on any atom is -0.488 e. The fourth-order valence-electron chi connectivity index (χ4n) is 5.18. The third kappa shape index (κ3) is 11.5. The van der Waals surface area contributed by atoms with Crippen LogP contribution in [-0.2, 0) is 38.1 Å². The smallest absolute Gasteiger partial charge is 0.325 e. The Bertz CT molecular complexity index is 1730. The van der Waals surface area contributed by atoms with Crippen LogP contribution in [0, 0.1) is 11.6 Å². The molecule has 4 rings (SSSR count). The van der Waals surface area contributed by atoms with E-state index in [1.165, 1.54) is 57.6 Å². The van der Waals surface area contributed by atoms with Gasteiger partial charge in [0.15, 0.2) is 11.5 Å². The maximum absolute atomic E-state index is 14.5. The van der Waals surface area contributed by atoms with Crippen molar-refractivity contribution in [2.24, 2.45) is 0 Å². The van der Waals surface area contributed by atoms with Gasteiger partial charge in [-0.05, 0) is 36.4 Å². The van der Waals surface area contributed by atoms with Crippen molar-refractivity contribution in [2.75, 3.05) is 109 Å². The molecular formula is C36H41F2N3O12. The Morgan fingerprint density at radius 1 is 0.566 bits per heavy atom. The van der Waals surface area contributed by atoms with Crippen LogP contribution in [0.5, 0.6) is 23.0 Å². The van der Waals surface area contributed by atoms with Crippen molar-refractivity contribution in [1.82, 2.24) is 0 Å². The van der Waals surface area contributed by atoms with E-state index in [0.29, 0.717) is 17.1 Å². The zero-order chi connectivity index (χ0) is 38.3. The molecule has 0 fully saturated rings. The number of carbonyl (C=O) groups is 4. The van der Waals surface area contributed by atoms with Gasteiger partial charge in [0.1, 0.15) is 75.7 Å². The zero-order valence-corrected chi connectivity index (χ0v) is 29.8. The maximum atomic E-state index is 14.5. The zero-order valence-electron chi connectivity index (χ0n) is 29.8. The van der Waals surface area contributed by atoms with Crippen LogP contribution in [0.15, 0.2) is 54.6 Å². The van der Waals surface area contributed by atoms with Crippen LogP contribution >= 0.6 is 0 Å². The fourth-order valence-corrected chi connectivity index (χ4v) is 5.18. The first-order valence-corrected chi connectivity index (χ1v) is 16.3. The lowest BCUT2D eigenvalue weighted by Crippen LogP contribution is -2.36. The highest BCUT2D eigenvalue weighted by molar-refractivity contribution is 5.82. The molecule has 17 heteroatoms. The van der Waals surface area contributed by atoms with E-state index in [2.05, 4.69) is 0 Å². The lowest BCUT2D eigenvalue weighted by molar-refractivity contribution is -0.141. The highest BCUT2D eigenvalue weighted by atomic mass is 19.1. The van der Waals surface area contributed by atoms with E-state index in [9.17, 15) is 28.0 Å². The standard InChI is InChI=1S/C36H41F2N3O12/c1-46-33(42)20-39-11-13-50-29-10-7-26(41(22-35(44)48-3)23-36(45)49-4)19-32(29)51-14-12-40(21-34(43)47-2)28-9-6-25(38)18-31(28)53-16-15-52-30-17-24(37)5-8-27(30)39/h5-10,17-19H,11-16,20-23H2,1-4H3. The van der Waals surface area contributed by atoms with Crippen LogP contribution < -0.4 is 33.6 Å². The van der Waals surface area contributed by atoms with Gasteiger partial charge in [-0.3, -0.25) is 19.2 Å². The Labute approximate surface area is 304 Å². The van der Waals surface area contributed by atoms with Crippen LogP contribution in [0.4, 0.5) is 25.8 Å². The van der Waals surface area contributed by atoms with E-state index < -0.39 is 35.5 Å². The van der Waals surface area contributed by atoms with Crippen LogP contribution in [0.2, 0.25) is 0 Å². The van der Waals surface area contributed by atoms with Crippen molar-refractivity contribution in [1.29, 1.82) is 0 Å².